The molecule has 0 aliphatic carbocycles. The number of benzene rings is 1. The van der Waals surface area contributed by atoms with Gasteiger partial charge in [0.25, 0.3) is 5.91 Å². The Labute approximate surface area is 101 Å². The lowest BCUT2D eigenvalue weighted by atomic mass is 10.0. The maximum Gasteiger partial charge on any atom is 0.256 e. The molecule has 0 saturated carbocycles. The minimum atomic E-state index is -0.711. The fourth-order valence-electron chi connectivity index (χ4n) is 2.01. The van der Waals surface area contributed by atoms with E-state index in [0.717, 1.165) is 18.4 Å². The van der Waals surface area contributed by atoms with Gasteiger partial charge >= 0.3 is 0 Å². The largest absolute Gasteiger partial charge is 0.397 e. The molecule has 1 amide bonds. The average Bonchev–Trinajstić information content (AvgIpc) is 2.71. The highest BCUT2D eigenvalue weighted by Crippen LogP contribution is 2.28. The summed E-state index contributed by atoms with van der Waals surface area (Å²) in [5, 5.41) is 2.83. The monoisotopic (exact) mass is 234 g/mol. The number of aryl methyl sites for hydroxylation is 1. The van der Waals surface area contributed by atoms with Gasteiger partial charge in [-0.2, -0.15) is 0 Å². The van der Waals surface area contributed by atoms with Gasteiger partial charge in [-0.1, -0.05) is 6.07 Å². The van der Waals surface area contributed by atoms with Crippen molar-refractivity contribution in [3.8, 4) is 0 Å². The quantitative estimate of drug-likeness (QED) is 0.770. The number of carbonyl (C=O) groups excluding carboxylic acids is 1. The van der Waals surface area contributed by atoms with E-state index in [1.807, 2.05) is 32.0 Å². The summed E-state index contributed by atoms with van der Waals surface area (Å²) in [6.07, 6.45) is 1.68. The number of nitrogen functional groups attached to an aromatic ring is 1. The van der Waals surface area contributed by atoms with E-state index in [1.54, 1.807) is 0 Å². The van der Waals surface area contributed by atoms with Crippen molar-refractivity contribution in [2.45, 2.75) is 32.3 Å². The lowest BCUT2D eigenvalue weighted by Crippen LogP contribution is -2.39. The molecule has 3 N–H and O–H groups in total. The van der Waals surface area contributed by atoms with Crippen LogP contribution in [0.25, 0.3) is 0 Å². The summed E-state index contributed by atoms with van der Waals surface area (Å²) in [5.74, 6) is -0.120. The van der Waals surface area contributed by atoms with Crippen LogP contribution in [0, 0.1) is 6.92 Å². The van der Waals surface area contributed by atoms with Crippen molar-refractivity contribution in [2.75, 3.05) is 17.7 Å². The van der Waals surface area contributed by atoms with Crippen molar-refractivity contribution in [1.82, 2.24) is 0 Å². The number of hydrogen-bond acceptors (Lipinski definition) is 3. The number of amides is 1. The van der Waals surface area contributed by atoms with Crippen LogP contribution < -0.4 is 11.1 Å². The molecule has 1 heterocycles. The first-order chi connectivity index (χ1) is 8.01. The highest BCUT2D eigenvalue weighted by atomic mass is 16.5. The van der Waals surface area contributed by atoms with Crippen LogP contribution in [0.4, 0.5) is 11.4 Å². The highest BCUT2D eigenvalue weighted by Gasteiger charge is 2.37. The van der Waals surface area contributed by atoms with Gasteiger partial charge in [0.05, 0.1) is 11.4 Å². The molecule has 0 bridgehead atoms. The third-order valence-electron chi connectivity index (χ3n) is 3.15. The van der Waals surface area contributed by atoms with E-state index < -0.39 is 5.60 Å². The summed E-state index contributed by atoms with van der Waals surface area (Å²) in [4.78, 5) is 12.1. The van der Waals surface area contributed by atoms with Crippen molar-refractivity contribution < 1.29 is 9.53 Å². The molecular formula is C13H18N2O2. The Hall–Kier alpha value is -1.55. The van der Waals surface area contributed by atoms with Crippen molar-refractivity contribution in [3.63, 3.8) is 0 Å². The van der Waals surface area contributed by atoms with E-state index in [9.17, 15) is 4.79 Å². The number of nitrogens with two attached hydrogens (primary N) is 1. The summed E-state index contributed by atoms with van der Waals surface area (Å²) in [7, 11) is 0. The fraction of sp³-hybridized carbons (Fsp3) is 0.462. The second-order valence-corrected chi connectivity index (χ2v) is 4.73. The molecule has 4 nitrogen and oxygen atoms in total. The van der Waals surface area contributed by atoms with Crippen LogP contribution in [-0.4, -0.2) is 18.1 Å². The Morgan fingerprint density at radius 1 is 1.53 bits per heavy atom. The Morgan fingerprint density at radius 2 is 2.29 bits per heavy atom. The second-order valence-electron chi connectivity index (χ2n) is 4.73. The Balaban J connectivity index is 2.13. The molecule has 1 aliphatic heterocycles. The first-order valence-electron chi connectivity index (χ1n) is 5.83. The molecule has 1 aromatic rings. The van der Waals surface area contributed by atoms with Gasteiger partial charge in [0.2, 0.25) is 0 Å². The van der Waals surface area contributed by atoms with Crippen LogP contribution in [0.15, 0.2) is 18.2 Å². The number of rotatable bonds is 2. The van der Waals surface area contributed by atoms with Gasteiger partial charge in [0.1, 0.15) is 5.60 Å². The van der Waals surface area contributed by atoms with E-state index in [4.69, 9.17) is 10.5 Å². The van der Waals surface area contributed by atoms with Crippen molar-refractivity contribution >= 4 is 17.3 Å². The molecule has 4 heteroatoms. The third kappa shape index (κ3) is 2.42. The summed E-state index contributed by atoms with van der Waals surface area (Å²) >= 11 is 0. The lowest BCUT2D eigenvalue weighted by molar-refractivity contribution is -0.133. The van der Waals surface area contributed by atoms with E-state index in [0.29, 0.717) is 18.0 Å². The third-order valence-corrected chi connectivity index (χ3v) is 3.15. The van der Waals surface area contributed by atoms with Gasteiger partial charge in [-0.15, -0.1) is 0 Å². The average molecular weight is 234 g/mol. The predicted molar refractivity (Wildman–Crippen MR) is 67.8 cm³/mol. The standard InChI is InChI=1S/C13H18N2O2/c1-9-4-5-11(10(14)8-9)15-12(16)13(2)6-3-7-17-13/h4-5,8H,3,6-7,14H2,1-2H3,(H,15,16). The van der Waals surface area contributed by atoms with Crippen molar-refractivity contribution in [2.24, 2.45) is 0 Å². The number of anilines is 2. The fourth-order valence-corrected chi connectivity index (χ4v) is 2.01. The maximum atomic E-state index is 12.1. The van der Waals surface area contributed by atoms with Gasteiger partial charge in [-0.25, -0.2) is 0 Å². The van der Waals surface area contributed by atoms with Crippen LogP contribution in [-0.2, 0) is 9.53 Å². The van der Waals surface area contributed by atoms with Gasteiger partial charge in [-0.05, 0) is 44.4 Å². The van der Waals surface area contributed by atoms with E-state index in [1.165, 1.54) is 0 Å². The van der Waals surface area contributed by atoms with E-state index in [-0.39, 0.29) is 5.91 Å². The molecule has 0 aromatic heterocycles. The minimum Gasteiger partial charge on any atom is -0.397 e. The molecule has 0 spiro atoms. The highest BCUT2D eigenvalue weighted by molar-refractivity contribution is 5.99. The minimum absolute atomic E-state index is 0.120. The molecule has 1 fully saturated rings. The number of hydrogen-bond donors (Lipinski definition) is 2. The molecule has 1 aromatic carbocycles. The summed E-state index contributed by atoms with van der Waals surface area (Å²) in [6, 6.07) is 5.58. The van der Waals surface area contributed by atoms with Crippen LogP contribution in [0.3, 0.4) is 0 Å². The Morgan fingerprint density at radius 3 is 2.88 bits per heavy atom. The molecule has 92 valence electrons. The molecule has 1 saturated heterocycles. The van der Waals surface area contributed by atoms with Crippen LogP contribution >= 0.6 is 0 Å². The van der Waals surface area contributed by atoms with Crippen molar-refractivity contribution in [3.05, 3.63) is 23.8 Å². The van der Waals surface area contributed by atoms with Gasteiger partial charge in [-0.3, -0.25) is 4.79 Å². The topological polar surface area (TPSA) is 64.3 Å². The Bertz CT molecular complexity index is 437. The van der Waals surface area contributed by atoms with Gasteiger partial charge in [0.15, 0.2) is 0 Å². The second kappa shape index (κ2) is 4.37. The van der Waals surface area contributed by atoms with Crippen LogP contribution in [0.5, 0.6) is 0 Å². The SMILES string of the molecule is Cc1ccc(NC(=O)C2(C)CCCO2)c(N)c1. The molecule has 1 aliphatic rings. The number of nitrogens with one attached hydrogen (secondary N) is 1. The predicted octanol–water partition coefficient (Wildman–Crippen LogP) is 2.08. The Kier molecular flexibility index (Phi) is 3.07. The number of ether oxygens (including phenoxy) is 1. The summed E-state index contributed by atoms with van der Waals surface area (Å²) < 4.78 is 5.49. The zero-order valence-electron chi connectivity index (χ0n) is 10.2. The van der Waals surface area contributed by atoms with E-state index in [2.05, 4.69) is 5.32 Å². The summed E-state index contributed by atoms with van der Waals surface area (Å²) in [5.41, 5.74) is 7.45. The van der Waals surface area contributed by atoms with Crippen molar-refractivity contribution in [1.29, 1.82) is 0 Å². The smallest absolute Gasteiger partial charge is 0.256 e. The normalized spacial score (nSPS) is 23.6. The van der Waals surface area contributed by atoms with Gasteiger partial charge < -0.3 is 15.8 Å². The lowest BCUT2D eigenvalue weighted by Gasteiger charge is -2.22. The maximum absolute atomic E-state index is 12.1. The molecule has 2 rings (SSSR count). The first kappa shape index (κ1) is 11.9. The number of carbonyl (C=O) groups is 1. The van der Waals surface area contributed by atoms with Crippen LogP contribution in [0.2, 0.25) is 0 Å². The molecule has 1 unspecified atom stereocenters. The van der Waals surface area contributed by atoms with Crippen LogP contribution in [0.1, 0.15) is 25.3 Å². The molecule has 0 radical (unpaired) electrons. The van der Waals surface area contributed by atoms with Gasteiger partial charge in [0, 0.05) is 6.61 Å². The summed E-state index contributed by atoms with van der Waals surface area (Å²) in [6.45, 7) is 4.43. The first-order valence-corrected chi connectivity index (χ1v) is 5.83. The molecular weight excluding hydrogens is 216 g/mol. The van der Waals surface area contributed by atoms with E-state index >= 15 is 0 Å². The molecule has 1 atom stereocenters. The zero-order chi connectivity index (χ0) is 12.5. The molecule has 17 heavy (non-hydrogen) atoms. The zero-order valence-corrected chi connectivity index (χ0v) is 10.2.